The van der Waals surface area contributed by atoms with Crippen LogP contribution >= 0.6 is 0 Å². The molecule has 0 unspecified atom stereocenters. The third-order valence-corrected chi connectivity index (χ3v) is 8.70. The number of aryl methyl sites for hydroxylation is 1. The van der Waals surface area contributed by atoms with Crippen molar-refractivity contribution in [2.24, 2.45) is 0 Å². The Hall–Kier alpha value is -3.13. The van der Waals surface area contributed by atoms with E-state index >= 15 is 0 Å². The van der Waals surface area contributed by atoms with E-state index in [1.54, 1.807) is 21.6 Å². The van der Waals surface area contributed by atoms with Gasteiger partial charge in [-0.15, -0.1) is 0 Å². The lowest BCUT2D eigenvalue weighted by molar-refractivity contribution is -0.131. The van der Waals surface area contributed by atoms with Crippen molar-refractivity contribution in [3.63, 3.8) is 0 Å². The number of para-hydroxylation sites is 2. The van der Waals surface area contributed by atoms with Gasteiger partial charge in [-0.1, -0.05) is 49.2 Å². The highest BCUT2D eigenvalue weighted by molar-refractivity contribution is 7.92. The van der Waals surface area contributed by atoms with Gasteiger partial charge >= 0.3 is 0 Å². The molecule has 3 aromatic rings. The summed E-state index contributed by atoms with van der Waals surface area (Å²) < 4.78 is 28.7. The first-order valence-electron chi connectivity index (χ1n) is 12.4. The number of nitrogens with zero attached hydrogens (tertiary/aromatic N) is 3. The molecule has 1 fully saturated rings. The van der Waals surface area contributed by atoms with E-state index in [-0.39, 0.29) is 17.3 Å². The van der Waals surface area contributed by atoms with Crippen LogP contribution in [-0.4, -0.2) is 55.1 Å². The second-order valence-electron chi connectivity index (χ2n) is 9.47. The minimum Gasteiger partial charge on any atom is -0.341 e. The number of carbonyl (C=O) groups excluding carboxylic acids is 2. The predicted octanol–water partition coefficient (Wildman–Crippen LogP) is 3.80. The largest absolute Gasteiger partial charge is 0.341 e. The number of carbonyl (C=O) groups is 2. The normalized spacial score (nSPS) is 16.7. The summed E-state index contributed by atoms with van der Waals surface area (Å²) in [5.74, 6) is -1.03. The Labute approximate surface area is 206 Å². The highest BCUT2D eigenvalue weighted by atomic mass is 32.2. The fourth-order valence-corrected chi connectivity index (χ4v) is 6.70. The molecule has 8 heteroatoms. The summed E-state index contributed by atoms with van der Waals surface area (Å²) in [6.07, 6.45) is 7.49. The van der Waals surface area contributed by atoms with Gasteiger partial charge in [-0.2, -0.15) is 0 Å². The summed E-state index contributed by atoms with van der Waals surface area (Å²) in [5.41, 5.74) is 2.54. The van der Waals surface area contributed by atoms with Crippen molar-refractivity contribution in [1.82, 2.24) is 9.47 Å². The van der Waals surface area contributed by atoms with E-state index in [1.165, 1.54) is 6.20 Å². The van der Waals surface area contributed by atoms with Crippen LogP contribution in [0, 0.1) is 0 Å². The third kappa shape index (κ3) is 4.85. The van der Waals surface area contributed by atoms with Crippen molar-refractivity contribution in [2.75, 3.05) is 30.3 Å². The number of anilines is 1. The predicted molar refractivity (Wildman–Crippen MR) is 136 cm³/mol. The van der Waals surface area contributed by atoms with Gasteiger partial charge in [0.2, 0.25) is 11.8 Å². The molecule has 35 heavy (non-hydrogen) atoms. The molecule has 2 amide bonds. The Morgan fingerprint density at radius 3 is 2.31 bits per heavy atom. The topological polar surface area (TPSA) is 79.7 Å². The van der Waals surface area contributed by atoms with E-state index in [2.05, 4.69) is 0 Å². The number of fused-ring (bicyclic) bond motifs is 2. The number of benzene rings is 2. The molecule has 0 radical (unpaired) electrons. The van der Waals surface area contributed by atoms with Crippen LogP contribution in [0.3, 0.4) is 0 Å². The van der Waals surface area contributed by atoms with Gasteiger partial charge in [-0.25, -0.2) is 8.42 Å². The first kappa shape index (κ1) is 23.6. The molecule has 1 saturated heterocycles. The summed E-state index contributed by atoms with van der Waals surface area (Å²) in [4.78, 5) is 29.8. The van der Waals surface area contributed by atoms with Crippen molar-refractivity contribution in [3.05, 3.63) is 60.3 Å². The fraction of sp³-hybridized carbons (Fsp3) is 0.407. The maximum absolute atomic E-state index is 13.5. The summed E-state index contributed by atoms with van der Waals surface area (Å²) >= 11 is 0. The number of amides is 2. The first-order valence-corrected chi connectivity index (χ1v) is 14.1. The molecule has 3 heterocycles. The van der Waals surface area contributed by atoms with E-state index < -0.39 is 21.5 Å². The third-order valence-electron chi connectivity index (χ3n) is 7.08. The average molecular weight is 494 g/mol. The number of rotatable bonds is 5. The first-order chi connectivity index (χ1) is 16.9. The zero-order valence-electron chi connectivity index (χ0n) is 19.9. The van der Waals surface area contributed by atoms with Gasteiger partial charge < -0.3 is 14.4 Å². The van der Waals surface area contributed by atoms with Crippen LogP contribution in [0.4, 0.5) is 5.69 Å². The van der Waals surface area contributed by atoms with Gasteiger partial charge in [0, 0.05) is 42.4 Å². The molecule has 2 aliphatic rings. The molecular formula is C27H31N3O4S. The highest BCUT2D eigenvalue weighted by Crippen LogP contribution is 2.30. The lowest BCUT2D eigenvalue weighted by Gasteiger charge is -2.29. The average Bonchev–Trinajstić information content (AvgIpc) is 3.03. The second kappa shape index (κ2) is 9.85. The van der Waals surface area contributed by atoms with Crippen molar-refractivity contribution in [1.29, 1.82) is 0 Å². The molecule has 0 atom stereocenters. The maximum atomic E-state index is 13.5. The van der Waals surface area contributed by atoms with Gasteiger partial charge in [-0.3, -0.25) is 9.59 Å². The Morgan fingerprint density at radius 1 is 0.800 bits per heavy atom. The molecule has 0 bridgehead atoms. The molecule has 0 aliphatic carbocycles. The molecule has 0 N–H and O–H groups in total. The molecule has 0 spiro atoms. The van der Waals surface area contributed by atoms with Crippen LogP contribution in [0.5, 0.6) is 0 Å². The van der Waals surface area contributed by atoms with Crippen LogP contribution in [0.1, 0.15) is 37.7 Å². The van der Waals surface area contributed by atoms with E-state index in [4.69, 9.17) is 0 Å². The van der Waals surface area contributed by atoms with Crippen molar-refractivity contribution >= 4 is 38.2 Å². The van der Waals surface area contributed by atoms with Crippen molar-refractivity contribution in [3.8, 4) is 0 Å². The molecule has 5 rings (SSSR count). The quantitative estimate of drug-likeness (QED) is 0.542. The summed E-state index contributed by atoms with van der Waals surface area (Å²) in [6, 6.07) is 14.9. The molecule has 2 aromatic carbocycles. The van der Waals surface area contributed by atoms with Gasteiger partial charge in [0.15, 0.2) is 9.84 Å². The molecule has 184 valence electrons. The number of hydrogen-bond acceptors (Lipinski definition) is 4. The Morgan fingerprint density at radius 2 is 1.51 bits per heavy atom. The Balaban J connectivity index is 1.41. The molecular weight excluding hydrogens is 462 g/mol. The summed E-state index contributed by atoms with van der Waals surface area (Å²) in [5, 5.41) is 0.544. The summed E-state index contributed by atoms with van der Waals surface area (Å²) in [6.45, 7) is 2.09. The van der Waals surface area contributed by atoms with Crippen LogP contribution < -0.4 is 4.90 Å². The number of hydrogen-bond donors (Lipinski definition) is 0. The van der Waals surface area contributed by atoms with E-state index in [0.717, 1.165) is 62.9 Å². The van der Waals surface area contributed by atoms with Crippen LogP contribution in [0.2, 0.25) is 0 Å². The monoisotopic (exact) mass is 493 g/mol. The van der Waals surface area contributed by atoms with Crippen LogP contribution in [0.25, 0.3) is 10.9 Å². The van der Waals surface area contributed by atoms with Gasteiger partial charge in [-0.05, 0) is 43.4 Å². The lowest BCUT2D eigenvalue weighted by Crippen LogP contribution is -2.39. The van der Waals surface area contributed by atoms with Gasteiger partial charge in [0.05, 0.1) is 4.90 Å². The molecule has 7 nitrogen and oxygen atoms in total. The Bertz CT molecular complexity index is 1350. The zero-order valence-corrected chi connectivity index (χ0v) is 20.7. The number of likely N-dealkylation sites (tertiary alicyclic amines) is 1. The van der Waals surface area contributed by atoms with Crippen molar-refractivity contribution in [2.45, 2.75) is 50.0 Å². The van der Waals surface area contributed by atoms with E-state index in [9.17, 15) is 18.0 Å². The molecule has 1 aromatic heterocycles. The molecule has 2 aliphatic heterocycles. The van der Waals surface area contributed by atoms with Crippen LogP contribution in [0.15, 0.2) is 59.6 Å². The van der Waals surface area contributed by atoms with Gasteiger partial charge in [0.1, 0.15) is 12.3 Å². The maximum Gasteiger partial charge on any atom is 0.242 e. The van der Waals surface area contributed by atoms with Crippen LogP contribution in [-0.2, 0) is 32.4 Å². The smallest absolute Gasteiger partial charge is 0.242 e. The number of aromatic nitrogens is 1. The lowest BCUT2D eigenvalue weighted by atomic mass is 10.0. The SMILES string of the molecule is O=C(Cn1cc(S(=O)(=O)CC(=O)N2CCCc3ccccc32)c2ccccc21)N1CCCCCC1. The summed E-state index contributed by atoms with van der Waals surface area (Å²) in [7, 11) is -3.92. The molecule has 0 saturated carbocycles. The van der Waals surface area contributed by atoms with Crippen molar-refractivity contribution < 1.29 is 18.0 Å². The standard InChI is InChI=1S/C27H31N3O4S/c31-26(28-15-7-1-2-8-16-28)19-29-18-25(22-12-4-6-14-24(22)29)35(33,34)20-27(32)30-17-9-11-21-10-3-5-13-23(21)30/h3-6,10,12-14,18H,1-2,7-9,11,15-17,19-20H2. The highest BCUT2D eigenvalue weighted by Gasteiger charge is 2.30. The fourth-order valence-electron chi connectivity index (χ4n) is 5.27. The van der Waals surface area contributed by atoms with E-state index in [1.807, 2.05) is 41.3 Å². The second-order valence-corrected chi connectivity index (χ2v) is 11.4. The number of sulfone groups is 1. The van der Waals surface area contributed by atoms with E-state index in [0.29, 0.717) is 17.4 Å². The zero-order chi connectivity index (χ0) is 24.4. The minimum atomic E-state index is -3.92. The minimum absolute atomic E-state index is 0.00222. The Kier molecular flexibility index (Phi) is 6.65. The van der Waals surface area contributed by atoms with Gasteiger partial charge in [0.25, 0.3) is 0 Å².